The molecule has 3 fully saturated rings. The van der Waals surface area contributed by atoms with Gasteiger partial charge < -0.3 is 24.4 Å². The SMILES string of the molecule is C=CCCCOC(=O)[C@H]1[C@H]2C(=O)N([C@@H](CO)CC(C)C)C(C(=O)N(CC=C)Cc3ccccc3)C23CC(C)[C@]1(C)O3. The number of esters is 1. The van der Waals surface area contributed by atoms with Crippen molar-refractivity contribution in [3.63, 3.8) is 0 Å². The zero-order valence-corrected chi connectivity index (χ0v) is 25.0. The third-order valence-corrected chi connectivity index (χ3v) is 9.26. The smallest absolute Gasteiger partial charge is 0.312 e. The normalized spacial score (nSPS) is 30.8. The second kappa shape index (κ2) is 12.5. The fourth-order valence-corrected chi connectivity index (χ4v) is 7.38. The summed E-state index contributed by atoms with van der Waals surface area (Å²) in [6.45, 7) is 16.1. The highest BCUT2D eigenvalue weighted by atomic mass is 16.6. The van der Waals surface area contributed by atoms with Crippen molar-refractivity contribution in [2.75, 3.05) is 19.8 Å². The minimum Gasteiger partial charge on any atom is -0.465 e. The number of ether oxygens (including phenoxy) is 2. The van der Waals surface area contributed by atoms with Crippen molar-refractivity contribution in [1.82, 2.24) is 9.80 Å². The Hall–Kier alpha value is -2.97. The van der Waals surface area contributed by atoms with Crippen molar-refractivity contribution >= 4 is 17.8 Å². The van der Waals surface area contributed by atoms with Gasteiger partial charge in [0.1, 0.15) is 17.6 Å². The van der Waals surface area contributed by atoms with E-state index in [9.17, 15) is 19.5 Å². The molecule has 7 atom stereocenters. The quantitative estimate of drug-likeness (QED) is 0.207. The van der Waals surface area contributed by atoms with Gasteiger partial charge in [-0.15, -0.1) is 13.2 Å². The number of aliphatic hydroxyl groups excluding tert-OH is 1. The molecule has 224 valence electrons. The van der Waals surface area contributed by atoms with Gasteiger partial charge in [-0.3, -0.25) is 14.4 Å². The topological polar surface area (TPSA) is 96.4 Å². The largest absolute Gasteiger partial charge is 0.465 e. The minimum atomic E-state index is -1.20. The molecule has 1 aromatic carbocycles. The van der Waals surface area contributed by atoms with E-state index in [2.05, 4.69) is 13.2 Å². The summed E-state index contributed by atoms with van der Waals surface area (Å²) in [4.78, 5) is 46.0. The Morgan fingerprint density at radius 2 is 1.95 bits per heavy atom. The molecule has 3 unspecified atom stereocenters. The molecule has 1 aromatic rings. The number of carbonyl (C=O) groups is 3. The first kappa shape index (κ1) is 31.0. The lowest BCUT2D eigenvalue weighted by Crippen LogP contribution is -2.59. The fraction of sp³-hybridized carbons (Fsp3) is 0.606. The molecular formula is C33H46N2O6. The van der Waals surface area contributed by atoms with Crippen LogP contribution in [0.15, 0.2) is 55.6 Å². The predicted octanol–water partition coefficient (Wildman–Crippen LogP) is 4.13. The van der Waals surface area contributed by atoms with Crippen molar-refractivity contribution in [2.24, 2.45) is 23.7 Å². The van der Waals surface area contributed by atoms with Crippen LogP contribution in [0.4, 0.5) is 0 Å². The molecule has 8 nitrogen and oxygen atoms in total. The van der Waals surface area contributed by atoms with E-state index < -0.39 is 41.1 Å². The van der Waals surface area contributed by atoms with Crippen LogP contribution in [0.2, 0.25) is 0 Å². The summed E-state index contributed by atoms with van der Waals surface area (Å²) >= 11 is 0. The molecule has 3 saturated heterocycles. The van der Waals surface area contributed by atoms with E-state index in [4.69, 9.17) is 9.47 Å². The molecule has 3 aliphatic heterocycles. The van der Waals surface area contributed by atoms with E-state index in [-0.39, 0.29) is 43.4 Å². The molecule has 0 radical (unpaired) electrons. The number of hydrogen-bond donors (Lipinski definition) is 1. The number of unbranched alkanes of at least 4 members (excludes halogenated alkanes) is 1. The van der Waals surface area contributed by atoms with Crippen LogP contribution in [0.25, 0.3) is 0 Å². The number of aliphatic hydroxyl groups is 1. The Kier molecular flexibility index (Phi) is 9.44. The Morgan fingerprint density at radius 3 is 2.56 bits per heavy atom. The number of hydrogen-bond acceptors (Lipinski definition) is 6. The van der Waals surface area contributed by atoms with Gasteiger partial charge >= 0.3 is 5.97 Å². The molecule has 3 heterocycles. The Balaban J connectivity index is 1.78. The van der Waals surface area contributed by atoms with E-state index in [1.807, 2.05) is 58.0 Å². The number of amides is 2. The molecule has 2 amide bonds. The first-order valence-electron chi connectivity index (χ1n) is 14.9. The zero-order chi connectivity index (χ0) is 29.9. The lowest BCUT2D eigenvalue weighted by molar-refractivity contribution is -0.164. The Morgan fingerprint density at radius 1 is 1.24 bits per heavy atom. The molecule has 0 aromatic heterocycles. The molecule has 41 heavy (non-hydrogen) atoms. The van der Waals surface area contributed by atoms with E-state index in [0.29, 0.717) is 32.2 Å². The molecule has 2 bridgehead atoms. The van der Waals surface area contributed by atoms with Crippen LogP contribution >= 0.6 is 0 Å². The van der Waals surface area contributed by atoms with Crippen molar-refractivity contribution in [1.29, 1.82) is 0 Å². The van der Waals surface area contributed by atoms with Gasteiger partial charge in [-0.05, 0) is 50.0 Å². The minimum absolute atomic E-state index is 0.0906. The maximum Gasteiger partial charge on any atom is 0.312 e. The van der Waals surface area contributed by atoms with Gasteiger partial charge in [0.2, 0.25) is 11.8 Å². The van der Waals surface area contributed by atoms with Gasteiger partial charge in [0.05, 0.1) is 30.8 Å². The Bertz CT molecular complexity index is 1140. The molecule has 1 N–H and O–H groups in total. The van der Waals surface area contributed by atoms with Crippen LogP contribution in [0.1, 0.15) is 58.9 Å². The standard InChI is InChI=1S/C33H46N2O6/c1-7-9-13-17-40-31(39)27-26-29(37)35(25(21-36)18-22(3)4)28(33(26)19-23(5)32(27,6)41-33)30(38)34(16-8-2)20-24-14-11-10-12-15-24/h7-8,10-12,14-15,22-23,25-28,36H,1-2,9,13,16-21H2,3-6H3/t23?,25-,26+,27-,28?,32+,33?/m1/s1. The summed E-state index contributed by atoms with van der Waals surface area (Å²) in [5.41, 5.74) is -1.20. The number of rotatable bonds is 14. The molecule has 3 aliphatic rings. The lowest BCUT2D eigenvalue weighted by Gasteiger charge is -2.40. The summed E-state index contributed by atoms with van der Waals surface area (Å²) in [7, 11) is 0. The van der Waals surface area contributed by atoms with Crippen molar-refractivity contribution < 1.29 is 29.0 Å². The van der Waals surface area contributed by atoms with Crippen LogP contribution in [0.3, 0.4) is 0 Å². The maximum absolute atomic E-state index is 14.7. The van der Waals surface area contributed by atoms with Crippen molar-refractivity contribution in [2.45, 2.75) is 83.2 Å². The summed E-state index contributed by atoms with van der Waals surface area (Å²) in [6, 6.07) is 8.10. The van der Waals surface area contributed by atoms with Crippen LogP contribution in [0, 0.1) is 23.7 Å². The van der Waals surface area contributed by atoms with Crippen LogP contribution in [-0.4, -0.2) is 75.7 Å². The number of likely N-dealkylation sites (tertiary alicyclic amines) is 1. The van der Waals surface area contributed by atoms with Gasteiger partial charge in [-0.2, -0.15) is 0 Å². The first-order chi connectivity index (χ1) is 19.5. The van der Waals surface area contributed by atoms with Gasteiger partial charge in [-0.25, -0.2) is 0 Å². The van der Waals surface area contributed by atoms with Gasteiger partial charge in [-0.1, -0.05) is 63.3 Å². The summed E-state index contributed by atoms with van der Waals surface area (Å²) < 4.78 is 12.5. The summed E-state index contributed by atoms with van der Waals surface area (Å²) in [5, 5.41) is 10.5. The number of carbonyl (C=O) groups excluding carboxylic acids is 3. The molecular weight excluding hydrogens is 520 g/mol. The van der Waals surface area contributed by atoms with Gasteiger partial charge in [0, 0.05) is 13.1 Å². The number of benzene rings is 1. The third-order valence-electron chi connectivity index (χ3n) is 9.26. The first-order valence-corrected chi connectivity index (χ1v) is 14.9. The average Bonchev–Trinajstić information content (AvgIpc) is 3.46. The zero-order valence-electron chi connectivity index (χ0n) is 25.0. The monoisotopic (exact) mass is 566 g/mol. The number of allylic oxidation sites excluding steroid dienone is 1. The third kappa shape index (κ3) is 5.48. The lowest BCUT2D eigenvalue weighted by atomic mass is 9.62. The Labute approximate surface area is 244 Å². The average molecular weight is 567 g/mol. The van der Waals surface area contributed by atoms with Gasteiger partial charge in [0.15, 0.2) is 0 Å². The van der Waals surface area contributed by atoms with Crippen LogP contribution in [0.5, 0.6) is 0 Å². The molecule has 0 aliphatic carbocycles. The molecule has 8 heteroatoms. The number of fused-ring (bicyclic) bond motifs is 1. The van der Waals surface area contributed by atoms with Crippen molar-refractivity contribution in [3.8, 4) is 0 Å². The summed E-state index contributed by atoms with van der Waals surface area (Å²) in [6.07, 6.45) is 5.78. The molecule has 4 rings (SSSR count). The predicted molar refractivity (Wildman–Crippen MR) is 156 cm³/mol. The fourth-order valence-electron chi connectivity index (χ4n) is 7.38. The molecule has 1 spiro atoms. The highest BCUT2D eigenvalue weighted by molar-refractivity contribution is 5.98. The maximum atomic E-state index is 14.7. The van der Waals surface area contributed by atoms with Crippen LogP contribution < -0.4 is 0 Å². The van der Waals surface area contributed by atoms with Gasteiger partial charge in [0.25, 0.3) is 0 Å². The van der Waals surface area contributed by atoms with Crippen LogP contribution in [-0.2, 0) is 30.4 Å². The van der Waals surface area contributed by atoms with Crippen molar-refractivity contribution in [3.05, 3.63) is 61.2 Å². The van der Waals surface area contributed by atoms with E-state index in [1.54, 1.807) is 22.0 Å². The second-order valence-electron chi connectivity index (χ2n) is 12.5. The van der Waals surface area contributed by atoms with E-state index in [1.165, 1.54) is 0 Å². The summed E-state index contributed by atoms with van der Waals surface area (Å²) in [5.74, 6) is -2.67. The highest BCUT2D eigenvalue weighted by Gasteiger charge is 2.80. The van der Waals surface area contributed by atoms with E-state index >= 15 is 0 Å². The highest BCUT2D eigenvalue weighted by Crippen LogP contribution is 2.65. The van der Waals surface area contributed by atoms with E-state index in [0.717, 1.165) is 5.56 Å². The molecule has 0 saturated carbocycles. The second-order valence-corrected chi connectivity index (χ2v) is 12.5. The number of nitrogens with zero attached hydrogens (tertiary/aromatic N) is 2.